The largest absolute Gasteiger partial charge is 0.490 e. The Balaban J connectivity index is 0.000000528. The molecule has 1 rings (SSSR count). The lowest BCUT2D eigenvalue weighted by Crippen LogP contribution is -2.12. The van der Waals surface area contributed by atoms with E-state index < -0.39 is 11.9 Å². The van der Waals surface area contributed by atoms with Gasteiger partial charge in [0.05, 0.1) is 7.11 Å². The van der Waals surface area contributed by atoms with E-state index in [4.69, 9.17) is 14.6 Å². The lowest BCUT2D eigenvalue weighted by Gasteiger charge is -2.06. The number of rotatable bonds is 9. The molecule has 1 aromatic rings. The summed E-state index contributed by atoms with van der Waals surface area (Å²) in [6, 6.07) is 9.37. The monoisotopic (exact) mass is 390 g/mol. The minimum absolute atomic E-state index is 0.185. The smallest absolute Gasteiger partial charge is 0.333 e. The first-order valence-electron chi connectivity index (χ1n) is 8.35. The van der Waals surface area contributed by atoms with Crippen molar-refractivity contribution in [3.05, 3.63) is 66.3 Å². The lowest BCUT2D eigenvalue weighted by molar-refractivity contribution is -0.139. The van der Waals surface area contributed by atoms with E-state index in [2.05, 4.69) is 17.9 Å². The predicted molar refractivity (Wildman–Crippen MR) is 105 cm³/mol. The van der Waals surface area contributed by atoms with E-state index in [1.54, 1.807) is 6.92 Å². The molecule has 0 aliphatic rings. The Morgan fingerprint density at radius 3 is 2.14 bits per heavy atom. The molecule has 7 heteroatoms. The summed E-state index contributed by atoms with van der Waals surface area (Å²) in [6.07, 6.45) is 1.62. The van der Waals surface area contributed by atoms with E-state index in [0.717, 1.165) is 5.75 Å². The van der Waals surface area contributed by atoms with Gasteiger partial charge in [0.15, 0.2) is 0 Å². The first-order chi connectivity index (χ1) is 13.2. The number of benzene rings is 1. The molecule has 0 aromatic heterocycles. The first kappa shape index (κ1) is 24.7. The maximum absolute atomic E-state index is 11.0. The SMILES string of the molecule is C=C(C)C(=O)OCCOc1ccccc1.C=C(CC=C(C)C(=O)O)C(=O)OC. The Bertz CT molecular complexity index is 718. The molecule has 0 spiro atoms. The van der Waals surface area contributed by atoms with Crippen molar-refractivity contribution in [1.29, 1.82) is 0 Å². The molecule has 0 unspecified atom stereocenters. The van der Waals surface area contributed by atoms with Crippen LogP contribution in [0.25, 0.3) is 0 Å². The summed E-state index contributed by atoms with van der Waals surface area (Å²) in [5, 5.41) is 8.48. The Kier molecular flexibility index (Phi) is 12.2. The van der Waals surface area contributed by atoms with Crippen LogP contribution in [0.15, 0.2) is 66.3 Å². The van der Waals surface area contributed by atoms with Crippen molar-refractivity contribution in [3.8, 4) is 5.75 Å². The molecular formula is C21H26O7. The summed E-state index contributed by atoms with van der Waals surface area (Å²) in [4.78, 5) is 32.1. The van der Waals surface area contributed by atoms with Gasteiger partial charge in [-0.15, -0.1) is 0 Å². The second-order valence-electron chi connectivity index (χ2n) is 5.57. The molecular weight excluding hydrogens is 364 g/mol. The van der Waals surface area contributed by atoms with E-state index in [1.165, 1.54) is 20.1 Å². The van der Waals surface area contributed by atoms with Gasteiger partial charge in [0.25, 0.3) is 0 Å². The van der Waals surface area contributed by atoms with Crippen LogP contribution in [0, 0.1) is 0 Å². The van der Waals surface area contributed by atoms with Crippen molar-refractivity contribution in [2.24, 2.45) is 0 Å². The van der Waals surface area contributed by atoms with Crippen molar-refractivity contribution in [2.75, 3.05) is 20.3 Å². The van der Waals surface area contributed by atoms with Crippen LogP contribution in [0.1, 0.15) is 20.3 Å². The number of esters is 2. The van der Waals surface area contributed by atoms with Crippen LogP contribution >= 0.6 is 0 Å². The minimum Gasteiger partial charge on any atom is -0.490 e. The minimum atomic E-state index is -1.00. The molecule has 0 fully saturated rings. The number of carboxylic acids is 1. The maximum Gasteiger partial charge on any atom is 0.333 e. The van der Waals surface area contributed by atoms with Gasteiger partial charge in [-0.25, -0.2) is 14.4 Å². The van der Waals surface area contributed by atoms with Gasteiger partial charge in [-0.1, -0.05) is 37.4 Å². The van der Waals surface area contributed by atoms with Crippen LogP contribution in [0.4, 0.5) is 0 Å². The van der Waals surface area contributed by atoms with E-state index in [-0.39, 0.29) is 30.1 Å². The van der Waals surface area contributed by atoms with Crippen LogP contribution < -0.4 is 4.74 Å². The summed E-state index contributed by atoms with van der Waals surface area (Å²) in [5.41, 5.74) is 0.822. The fraction of sp³-hybridized carbons (Fsp3) is 0.286. The third-order valence-electron chi connectivity index (χ3n) is 3.14. The van der Waals surface area contributed by atoms with Crippen LogP contribution in [0.2, 0.25) is 0 Å². The summed E-state index contributed by atoms with van der Waals surface area (Å²) in [6.45, 7) is 10.6. The van der Waals surface area contributed by atoms with Crippen LogP contribution in [0.5, 0.6) is 5.75 Å². The molecule has 0 bridgehead atoms. The molecule has 0 aliphatic heterocycles. The van der Waals surface area contributed by atoms with Gasteiger partial charge in [-0.2, -0.15) is 0 Å². The third kappa shape index (κ3) is 11.3. The number of carboxylic acid groups (broad SMARTS) is 1. The molecule has 0 saturated heterocycles. The standard InChI is InChI=1S/C12H14O3.C9H12O4/c1-10(2)12(13)15-9-8-14-11-6-4-3-5-7-11;1-6(8(10)11)4-5-7(2)9(12)13-3/h3-7H,1,8-9H2,2H3;4H,2,5H2,1,3H3,(H,10,11). The van der Waals surface area contributed by atoms with Crippen LogP contribution in [-0.2, 0) is 23.9 Å². The Morgan fingerprint density at radius 1 is 1.04 bits per heavy atom. The zero-order valence-electron chi connectivity index (χ0n) is 16.4. The normalized spacial score (nSPS) is 10.0. The van der Waals surface area contributed by atoms with E-state index in [0.29, 0.717) is 12.2 Å². The number of methoxy groups -OCH3 is 1. The number of ether oxygens (including phenoxy) is 3. The molecule has 0 radical (unpaired) electrons. The molecule has 0 atom stereocenters. The van der Waals surface area contributed by atoms with E-state index >= 15 is 0 Å². The van der Waals surface area contributed by atoms with E-state index in [1.807, 2.05) is 30.3 Å². The molecule has 0 saturated carbocycles. The van der Waals surface area contributed by atoms with Gasteiger partial charge in [0, 0.05) is 16.7 Å². The fourth-order valence-electron chi connectivity index (χ4n) is 1.53. The van der Waals surface area contributed by atoms with Gasteiger partial charge in [-0.05, 0) is 32.4 Å². The average Bonchev–Trinajstić information content (AvgIpc) is 2.69. The highest BCUT2D eigenvalue weighted by atomic mass is 16.6. The molecule has 152 valence electrons. The second kappa shape index (κ2) is 13.8. The quantitative estimate of drug-likeness (QED) is 0.392. The Labute approximate surface area is 164 Å². The second-order valence-corrected chi connectivity index (χ2v) is 5.57. The molecule has 0 aliphatic carbocycles. The van der Waals surface area contributed by atoms with Crippen LogP contribution in [0.3, 0.4) is 0 Å². The van der Waals surface area contributed by atoms with Crippen LogP contribution in [-0.4, -0.2) is 43.3 Å². The van der Waals surface area contributed by atoms with Crippen molar-refractivity contribution in [3.63, 3.8) is 0 Å². The predicted octanol–water partition coefficient (Wildman–Crippen LogP) is 3.32. The van der Waals surface area contributed by atoms with Crippen molar-refractivity contribution in [1.82, 2.24) is 0 Å². The number of aliphatic carboxylic acids is 1. The zero-order chi connectivity index (χ0) is 21.5. The number of para-hydroxylation sites is 1. The third-order valence-corrected chi connectivity index (χ3v) is 3.14. The summed E-state index contributed by atoms with van der Waals surface area (Å²) in [5.74, 6) is -1.14. The number of carbonyl (C=O) groups excluding carboxylic acids is 2. The molecule has 0 heterocycles. The highest BCUT2D eigenvalue weighted by Gasteiger charge is 2.06. The van der Waals surface area contributed by atoms with Gasteiger partial charge < -0.3 is 19.3 Å². The van der Waals surface area contributed by atoms with Crippen molar-refractivity contribution >= 4 is 17.9 Å². The van der Waals surface area contributed by atoms with Crippen molar-refractivity contribution < 1.29 is 33.7 Å². The number of carbonyl (C=O) groups is 3. The Morgan fingerprint density at radius 2 is 1.64 bits per heavy atom. The lowest BCUT2D eigenvalue weighted by atomic mass is 10.1. The van der Waals surface area contributed by atoms with Gasteiger partial charge >= 0.3 is 17.9 Å². The van der Waals surface area contributed by atoms with Gasteiger partial charge in [0.1, 0.15) is 19.0 Å². The molecule has 0 amide bonds. The van der Waals surface area contributed by atoms with E-state index in [9.17, 15) is 14.4 Å². The summed E-state index contributed by atoms with van der Waals surface area (Å²) < 4.78 is 14.6. The molecule has 1 N–H and O–H groups in total. The summed E-state index contributed by atoms with van der Waals surface area (Å²) in [7, 11) is 1.25. The topological polar surface area (TPSA) is 99.1 Å². The maximum atomic E-state index is 11.0. The number of allylic oxidation sites excluding steroid dienone is 1. The number of hydrogen-bond acceptors (Lipinski definition) is 6. The highest BCUT2D eigenvalue weighted by molar-refractivity contribution is 5.89. The molecule has 28 heavy (non-hydrogen) atoms. The Hall–Kier alpha value is -3.35. The van der Waals surface area contributed by atoms with Gasteiger partial charge in [-0.3, -0.25) is 0 Å². The zero-order valence-corrected chi connectivity index (χ0v) is 16.4. The molecule has 7 nitrogen and oxygen atoms in total. The average molecular weight is 390 g/mol. The summed E-state index contributed by atoms with van der Waals surface area (Å²) >= 11 is 0. The molecule has 1 aromatic carbocycles. The first-order valence-corrected chi connectivity index (χ1v) is 8.35. The van der Waals surface area contributed by atoms with Gasteiger partial charge in [0.2, 0.25) is 0 Å². The fourth-order valence-corrected chi connectivity index (χ4v) is 1.53. The number of hydrogen-bond donors (Lipinski definition) is 1. The van der Waals surface area contributed by atoms with Crippen molar-refractivity contribution in [2.45, 2.75) is 20.3 Å². The highest BCUT2D eigenvalue weighted by Crippen LogP contribution is 2.07.